The molecule has 7 heteroatoms. The highest BCUT2D eigenvalue weighted by Gasteiger charge is 2.30. The summed E-state index contributed by atoms with van der Waals surface area (Å²) in [6, 6.07) is 11.4. The molecule has 0 radical (unpaired) electrons. The van der Waals surface area contributed by atoms with E-state index in [1.54, 1.807) is 17.0 Å². The van der Waals surface area contributed by atoms with Gasteiger partial charge in [0.1, 0.15) is 5.82 Å². The van der Waals surface area contributed by atoms with Gasteiger partial charge in [-0.3, -0.25) is 4.79 Å². The van der Waals surface area contributed by atoms with Gasteiger partial charge in [0, 0.05) is 29.1 Å². The molecule has 4 nitrogen and oxygen atoms in total. The van der Waals surface area contributed by atoms with Gasteiger partial charge in [0.25, 0.3) is 5.91 Å². The van der Waals surface area contributed by atoms with Crippen LogP contribution in [0, 0.1) is 5.82 Å². The molecule has 0 saturated carbocycles. The van der Waals surface area contributed by atoms with Gasteiger partial charge in [-0.25, -0.2) is 4.39 Å². The molecule has 0 spiro atoms. The number of halogens is 3. The van der Waals surface area contributed by atoms with Crippen LogP contribution in [0.15, 0.2) is 47.0 Å². The molecule has 1 amide bonds. The van der Waals surface area contributed by atoms with Crippen LogP contribution in [0.25, 0.3) is 11.3 Å². The first-order chi connectivity index (χ1) is 12.5. The van der Waals surface area contributed by atoms with Crippen molar-refractivity contribution < 1.29 is 13.7 Å². The van der Waals surface area contributed by atoms with Crippen LogP contribution in [0.2, 0.25) is 10.0 Å². The molecule has 1 aromatic heterocycles. The van der Waals surface area contributed by atoms with Crippen LogP contribution in [0.1, 0.15) is 21.6 Å². The predicted octanol–water partition coefficient (Wildman–Crippen LogP) is 4.99. The number of hydrogen-bond acceptors (Lipinski definition) is 3. The van der Waals surface area contributed by atoms with Crippen molar-refractivity contribution in [3.63, 3.8) is 0 Å². The zero-order chi connectivity index (χ0) is 18.3. The van der Waals surface area contributed by atoms with Crippen molar-refractivity contribution in [3.05, 3.63) is 75.1 Å². The fourth-order valence-corrected chi connectivity index (χ4v) is 3.44. The monoisotopic (exact) mass is 390 g/mol. The molecule has 26 heavy (non-hydrogen) atoms. The molecule has 0 fully saturated rings. The minimum atomic E-state index is -0.628. The van der Waals surface area contributed by atoms with Gasteiger partial charge < -0.3 is 9.42 Å². The van der Waals surface area contributed by atoms with Crippen LogP contribution in [0.5, 0.6) is 0 Å². The molecule has 0 unspecified atom stereocenters. The number of aromatic nitrogens is 1. The number of carbonyl (C=O) groups excluding carboxylic acids is 1. The molecule has 0 bridgehead atoms. The molecule has 0 aliphatic carbocycles. The maximum Gasteiger partial charge on any atom is 0.258 e. The molecule has 2 aromatic carbocycles. The van der Waals surface area contributed by atoms with Gasteiger partial charge in [0.05, 0.1) is 22.8 Å². The zero-order valence-electron chi connectivity index (χ0n) is 13.5. The van der Waals surface area contributed by atoms with Crippen molar-refractivity contribution >= 4 is 29.1 Å². The Balaban J connectivity index is 1.67. The Kier molecular flexibility index (Phi) is 4.42. The van der Waals surface area contributed by atoms with Gasteiger partial charge in [0.15, 0.2) is 5.76 Å². The number of hydrogen-bond donors (Lipinski definition) is 0. The van der Waals surface area contributed by atoms with E-state index >= 15 is 0 Å². The summed E-state index contributed by atoms with van der Waals surface area (Å²) in [4.78, 5) is 14.4. The molecule has 0 saturated heterocycles. The summed E-state index contributed by atoms with van der Waals surface area (Å²) < 4.78 is 19.6. The minimum Gasteiger partial charge on any atom is -0.356 e. The van der Waals surface area contributed by atoms with Crippen molar-refractivity contribution in [1.29, 1.82) is 0 Å². The number of benzene rings is 2. The van der Waals surface area contributed by atoms with Crippen molar-refractivity contribution in [2.45, 2.75) is 13.0 Å². The standard InChI is InChI=1S/C19H13Cl2FN2O2/c20-12-6-4-11(5-7-12)18-13-10-24(9-8-16(13)23-26-18)19(25)17-14(21)2-1-3-15(17)22/h1-7H,8-10H2. The molecule has 132 valence electrons. The third-order valence-corrected chi connectivity index (χ3v) is 4.97. The lowest BCUT2D eigenvalue weighted by Gasteiger charge is -2.27. The van der Waals surface area contributed by atoms with Crippen LogP contribution in [-0.4, -0.2) is 22.5 Å². The van der Waals surface area contributed by atoms with Crippen molar-refractivity contribution in [3.8, 4) is 11.3 Å². The zero-order valence-corrected chi connectivity index (χ0v) is 15.0. The molecule has 4 rings (SSSR count). The highest BCUT2D eigenvalue weighted by molar-refractivity contribution is 6.33. The SMILES string of the molecule is O=C(c1c(F)cccc1Cl)N1CCc2noc(-c3ccc(Cl)cc3)c2C1. The highest BCUT2D eigenvalue weighted by Crippen LogP contribution is 2.32. The van der Waals surface area contributed by atoms with Crippen LogP contribution < -0.4 is 0 Å². The maximum absolute atomic E-state index is 14.1. The van der Waals surface area contributed by atoms with Gasteiger partial charge in [-0.2, -0.15) is 0 Å². The summed E-state index contributed by atoms with van der Waals surface area (Å²) in [5.74, 6) is -0.479. The molecule has 0 atom stereocenters. The fourth-order valence-electron chi connectivity index (χ4n) is 3.07. The summed E-state index contributed by atoms with van der Waals surface area (Å²) in [7, 11) is 0. The lowest BCUT2D eigenvalue weighted by atomic mass is 10.0. The number of carbonyl (C=O) groups is 1. The summed E-state index contributed by atoms with van der Waals surface area (Å²) >= 11 is 12.0. The van der Waals surface area contributed by atoms with E-state index in [-0.39, 0.29) is 17.1 Å². The van der Waals surface area contributed by atoms with E-state index in [0.29, 0.717) is 23.7 Å². The normalized spacial score (nSPS) is 13.6. The van der Waals surface area contributed by atoms with Crippen molar-refractivity contribution in [2.24, 2.45) is 0 Å². The first-order valence-electron chi connectivity index (χ1n) is 8.01. The van der Waals surface area contributed by atoms with Crippen molar-refractivity contribution in [1.82, 2.24) is 10.1 Å². The molecule has 2 heterocycles. The Morgan fingerprint density at radius 2 is 1.92 bits per heavy atom. The number of amides is 1. The van der Waals surface area contributed by atoms with E-state index in [1.165, 1.54) is 18.2 Å². The lowest BCUT2D eigenvalue weighted by molar-refractivity contribution is 0.0730. The summed E-state index contributed by atoms with van der Waals surface area (Å²) in [6.45, 7) is 0.698. The average molecular weight is 391 g/mol. The Labute approximate surface area is 159 Å². The Morgan fingerprint density at radius 1 is 1.15 bits per heavy atom. The third-order valence-electron chi connectivity index (χ3n) is 4.41. The molecular formula is C19H13Cl2FN2O2. The second-order valence-electron chi connectivity index (χ2n) is 6.02. The second kappa shape index (κ2) is 6.74. The largest absolute Gasteiger partial charge is 0.356 e. The van der Waals surface area contributed by atoms with Gasteiger partial charge in [-0.1, -0.05) is 34.4 Å². The minimum absolute atomic E-state index is 0.101. The van der Waals surface area contributed by atoms with E-state index < -0.39 is 11.7 Å². The third kappa shape index (κ3) is 2.97. The highest BCUT2D eigenvalue weighted by atomic mass is 35.5. The van der Waals surface area contributed by atoms with Crippen LogP contribution in [-0.2, 0) is 13.0 Å². The molecule has 3 aromatic rings. The van der Waals surface area contributed by atoms with Crippen molar-refractivity contribution in [2.75, 3.05) is 6.54 Å². The van der Waals surface area contributed by atoms with Crippen LogP contribution in [0.4, 0.5) is 4.39 Å². The Bertz CT molecular complexity index is 965. The van der Waals surface area contributed by atoms with Crippen LogP contribution in [0.3, 0.4) is 0 Å². The molecule has 1 aliphatic rings. The summed E-state index contributed by atoms with van der Waals surface area (Å²) in [6.07, 6.45) is 0.532. The average Bonchev–Trinajstić information content (AvgIpc) is 3.05. The number of fused-ring (bicyclic) bond motifs is 1. The fraction of sp³-hybridized carbons (Fsp3) is 0.158. The van der Waals surface area contributed by atoms with E-state index in [9.17, 15) is 9.18 Å². The predicted molar refractivity (Wildman–Crippen MR) is 96.8 cm³/mol. The number of rotatable bonds is 2. The number of nitrogens with zero attached hydrogens (tertiary/aromatic N) is 2. The lowest BCUT2D eigenvalue weighted by Crippen LogP contribution is -2.36. The summed E-state index contributed by atoms with van der Waals surface area (Å²) in [5, 5.41) is 4.83. The van der Waals surface area contributed by atoms with Gasteiger partial charge in [-0.05, 0) is 36.4 Å². The molecular weight excluding hydrogens is 378 g/mol. The van der Waals surface area contributed by atoms with E-state index in [4.69, 9.17) is 27.7 Å². The maximum atomic E-state index is 14.1. The smallest absolute Gasteiger partial charge is 0.258 e. The van der Waals surface area contributed by atoms with Gasteiger partial charge >= 0.3 is 0 Å². The van der Waals surface area contributed by atoms with E-state index in [1.807, 2.05) is 12.1 Å². The Morgan fingerprint density at radius 3 is 2.65 bits per heavy atom. The van der Waals surface area contributed by atoms with Crippen LogP contribution >= 0.6 is 23.2 Å². The van der Waals surface area contributed by atoms with Gasteiger partial charge in [0.2, 0.25) is 0 Å². The quantitative estimate of drug-likeness (QED) is 0.619. The first-order valence-corrected chi connectivity index (χ1v) is 8.77. The molecule has 1 aliphatic heterocycles. The Hall–Kier alpha value is -2.37. The van der Waals surface area contributed by atoms with E-state index in [0.717, 1.165) is 16.8 Å². The first kappa shape index (κ1) is 17.1. The van der Waals surface area contributed by atoms with E-state index in [2.05, 4.69) is 5.16 Å². The second-order valence-corrected chi connectivity index (χ2v) is 6.86. The molecule has 0 N–H and O–H groups in total. The topological polar surface area (TPSA) is 46.3 Å². The van der Waals surface area contributed by atoms with Gasteiger partial charge in [-0.15, -0.1) is 0 Å². The summed E-state index contributed by atoms with van der Waals surface area (Å²) in [5.41, 5.74) is 2.33.